The summed E-state index contributed by atoms with van der Waals surface area (Å²) in [7, 11) is 1.62. The highest BCUT2D eigenvalue weighted by Crippen LogP contribution is 2.20. The van der Waals surface area contributed by atoms with Crippen LogP contribution in [-0.4, -0.2) is 12.9 Å². The lowest BCUT2D eigenvalue weighted by Gasteiger charge is -2.09. The van der Waals surface area contributed by atoms with E-state index in [4.69, 9.17) is 4.74 Å². The molecule has 2 nitrogen and oxygen atoms in total. The quantitative estimate of drug-likeness (QED) is 0.765. The van der Waals surface area contributed by atoms with E-state index < -0.39 is 0 Å². The number of carbonyl (C=O) groups excluding carboxylic acids is 1. The number of rotatable bonds is 5. The van der Waals surface area contributed by atoms with Gasteiger partial charge in [0.2, 0.25) is 0 Å². The second kappa shape index (κ2) is 6.38. The van der Waals surface area contributed by atoms with Crippen molar-refractivity contribution in [2.75, 3.05) is 7.11 Å². The van der Waals surface area contributed by atoms with Crippen LogP contribution in [-0.2, 0) is 12.8 Å². The van der Waals surface area contributed by atoms with Gasteiger partial charge < -0.3 is 4.74 Å². The minimum atomic E-state index is 0.0832. The standard InChI is InChI=1S/C18H20O2/c1-4-13-6-7-14(5-2)17(12-13)18(19)15-8-10-16(20-3)11-9-15/h6-12H,4-5H2,1-3H3. The van der Waals surface area contributed by atoms with Gasteiger partial charge in [-0.2, -0.15) is 0 Å². The molecule has 0 saturated heterocycles. The smallest absolute Gasteiger partial charge is 0.193 e. The summed E-state index contributed by atoms with van der Waals surface area (Å²) in [6.45, 7) is 4.17. The van der Waals surface area contributed by atoms with Crippen molar-refractivity contribution in [3.05, 3.63) is 64.7 Å². The number of ketones is 1. The van der Waals surface area contributed by atoms with Gasteiger partial charge in [0.1, 0.15) is 5.75 Å². The average Bonchev–Trinajstić information content (AvgIpc) is 2.53. The third-order valence-corrected chi connectivity index (χ3v) is 3.56. The Balaban J connectivity index is 2.40. The maximum absolute atomic E-state index is 12.7. The number of aryl methyl sites for hydroxylation is 2. The summed E-state index contributed by atoms with van der Waals surface area (Å²) in [5.74, 6) is 0.847. The minimum Gasteiger partial charge on any atom is -0.497 e. The Labute approximate surface area is 120 Å². The van der Waals surface area contributed by atoms with E-state index in [1.165, 1.54) is 5.56 Å². The molecule has 2 heteroatoms. The van der Waals surface area contributed by atoms with Gasteiger partial charge in [0.15, 0.2) is 5.78 Å². The number of ether oxygens (including phenoxy) is 1. The first-order valence-electron chi connectivity index (χ1n) is 7.00. The predicted octanol–water partition coefficient (Wildman–Crippen LogP) is 4.05. The SMILES string of the molecule is CCc1ccc(CC)c(C(=O)c2ccc(OC)cc2)c1. The van der Waals surface area contributed by atoms with Gasteiger partial charge in [0, 0.05) is 11.1 Å². The molecule has 0 radical (unpaired) electrons. The molecular formula is C18H20O2. The van der Waals surface area contributed by atoms with Crippen LogP contribution in [0.2, 0.25) is 0 Å². The Morgan fingerprint density at radius 2 is 1.70 bits per heavy atom. The summed E-state index contributed by atoms with van der Waals surface area (Å²) in [5.41, 5.74) is 3.81. The van der Waals surface area contributed by atoms with Gasteiger partial charge in [0.25, 0.3) is 0 Å². The fourth-order valence-corrected chi connectivity index (χ4v) is 2.26. The van der Waals surface area contributed by atoms with Crippen molar-refractivity contribution in [1.82, 2.24) is 0 Å². The van der Waals surface area contributed by atoms with Gasteiger partial charge in [-0.25, -0.2) is 0 Å². The summed E-state index contributed by atoms with van der Waals surface area (Å²) in [5, 5.41) is 0. The zero-order valence-corrected chi connectivity index (χ0v) is 12.3. The van der Waals surface area contributed by atoms with Crippen LogP contribution in [0, 0.1) is 0 Å². The van der Waals surface area contributed by atoms with E-state index in [2.05, 4.69) is 26.0 Å². The van der Waals surface area contributed by atoms with Crippen LogP contribution >= 0.6 is 0 Å². The maximum atomic E-state index is 12.7. The summed E-state index contributed by atoms with van der Waals surface area (Å²) >= 11 is 0. The molecule has 0 unspecified atom stereocenters. The van der Waals surface area contributed by atoms with E-state index in [9.17, 15) is 4.79 Å². The first kappa shape index (κ1) is 14.3. The van der Waals surface area contributed by atoms with Crippen molar-refractivity contribution < 1.29 is 9.53 Å². The molecule has 0 atom stereocenters. The molecule has 2 aromatic rings. The monoisotopic (exact) mass is 268 g/mol. The van der Waals surface area contributed by atoms with Gasteiger partial charge in [-0.05, 0) is 54.3 Å². The number of benzene rings is 2. The van der Waals surface area contributed by atoms with Crippen LogP contribution in [0.15, 0.2) is 42.5 Å². The Kier molecular flexibility index (Phi) is 4.57. The van der Waals surface area contributed by atoms with Gasteiger partial charge >= 0.3 is 0 Å². The second-order valence-electron chi connectivity index (χ2n) is 4.76. The predicted molar refractivity (Wildman–Crippen MR) is 81.6 cm³/mol. The number of hydrogen-bond acceptors (Lipinski definition) is 2. The van der Waals surface area contributed by atoms with Crippen molar-refractivity contribution in [3.63, 3.8) is 0 Å². The largest absolute Gasteiger partial charge is 0.497 e. The highest BCUT2D eigenvalue weighted by Gasteiger charge is 2.13. The first-order valence-corrected chi connectivity index (χ1v) is 7.00. The fourth-order valence-electron chi connectivity index (χ4n) is 2.26. The molecule has 20 heavy (non-hydrogen) atoms. The highest BCUT2D eigenvalue weighted by molar-refractivity contribution is 6.10. The van der Waals surface area contributed by atoms with Gasteiger partial charge in [-0.3, -0.25) is 4.79 Å². The van der Waals surface area contributed by atoms with E-state index in [0.29, 0.717) is 5.56 Å². The first-order chi connectivity index (χ1) is 9.69. The Bertz CT molecular complexity index is 597. The Morgan fingerprint density at radius 3 is 2.25 bits per heavy atom. The molecule has 0 N–H and O–H groups in total. The molecule has 0 aromatic heterocycles. The zero-order chi connectivity index (χ0) is 14.5. The summed E-state index contributed by atoms with van der Waals surface area (Å²) in [6.07, 6.45) is 1.80. The van der Waals surface area contributed by atoms with Gasteiger partial charge in [0.05, 0.1) is 7.11 Å². The van der Waals surface area contributed by atoms with Crippen LogP contribution in [0.1, 0.15) is 40.9 Å². The van der Waals surface area contributed by atoms with E-state index in [1.54, 1.807) is 7.11 Å². The van der Waals surface area contributed by atoms with Gasteiger partial charge in [-0.1, -0.05) is 26.0 Å². The molecule has 2 rings (SSSR count). The molecule has 0 heterocycles. The molecule has 0 aliphatic heterocycles. The third-order valence-electron chi connectivity index (χ3n) is 3.56. The number of methoxy groups -OCH3 is 1. The molecule has 0 amide bonds. The summed E-state index contributed by atoms with van der Waals surface area (Å²) < 4.78 is 5.12. The van der Waals surface area contributed by atoms with E-state index in [-0.39, 0.29) is 5.78 Å². The van der Waals surface area contributed by atoms with Crippen molar-refractivity contribution in [1.29, 1.82) is 0 Å². The number of hydrogen-bond donors (Lipinski definition) is 0. The van der Waals surface area contributed by atoms with Crippen LogP contribution in [0.25, 0.3) is 0 Å². The van der Waals surface area contributed by atoms with Crippen LogP contribution in [0.4, 0.5) is 0 Å². The molecule has 2 aromatic carbocycles. The molecule has 0 aliphatic carbocycles. The van der Waals surface area contributed by atoms with Crippen LogP contribution < -0.4 is 4.74 Å². The fraction of sp³-hybridized carbons (Fsp3) is 0.278. The number of carbonyl (C=O) groups is 1. The maximum Gasteiger partial charge on any atom is 0.193 e. The average molecular weight is 268 g/mol. The summed E-state index contributed by atoms with van der Waals surface area (Å²) in [6, 6.07) is 13.5. The van der Waals surface area contributed by atoms with Crippen molar-refractivity contribution in [2.45, 2.75) is 26.7 Å². The van der Waals surface area contributed by atoms with Gasteiger partial charge in [-0.15, -0.1) is 0 Å². The Morgan fingerprint density at radius 1 is 1.00 bits per heavy atom. The van der Waals surface area contributed by atoms with Crippen LogP contribution in [0.3, 0.4) is 0 Å². The van der Waals surface area contributed by atoms with Crippen molar-refractivity contribution in [2.24, 2.45) is 0 Å². The molecule has 0 saturated carbocycles. The third kappa shape index (κ3) is 2.90. The second-order valence-corrected chi connectivity index (χ2v) is 4.76. The van der Waals surface area contributed by atoms with E-state index in [0.717, 1.165) is 29.7 Å². The highest BCUT2D eigenvalue weighted by atomic mass is 16.5. The molecule has 0 fully saturated rings. The molecule has 0 spiro atoms. The zero-order valence-electron chi connectivity index (χ0n) is 12.3. The lowest BCUT2D eigenvalue weighted by Crippen LogP contribution is -2.06. The molecule has 0 aliphatic rings. The Hall–Kier alpha value is -2.09. The van der Waals surface area contributed by atoms with Crippen molar-refractivity contribution in [3.8, 4) is 5.75 Å². The lowest BCUT2D eigenvalue weighted by molar-refractivity contribution is 0.103. The molecule has 104 valence electrons. The van der Waals surface area contributed by atoms with Crippen LogP contribution in [0.5, 0.6) is 5.75 Å². The van der Waals surface area contributed by atoms with E-state index >= 15 is 0 Å². The topological polar surface area (TPSA) is 26.3 Å². The summed E-state index contributed by atoms with van der Waals surface area (Å²) in [4.78, 5) is 12.7. The lowest BCUT2D eigenvalue weighted by atomic mass is 9.94. The normalized spacial score (nSPS) is 10.3. The molecular weight excluding hydrogens is 248 g/mol. The minimum absolute atomic E-state index is 0.0832. The van der Waals surface area contributed by atoms with E-state index in [1.807, 2.05) is 30.3 Å². The molecule has 0 bridgehead atoms. The van der Waals surface area contributed by atoms with Crippen molar-refractivity contribution >= 4 is 5.78 Å².